The summed E-state index contributed by atoms with van der Waals surface area (Å²) in [5.74, 6) is 0.120. The number of carbonyl (C=O) groups is 2. The number of piperidine rings is 1. The number of rotatable bonds is 7. The summed E-state index contributed by atoms with van der Waals surface area (Å²) in [4.78, 5) is 28.9. The lowest BCUT2D eigenvalue weighted by molar-refractivity contribution is -0.132. The summed E-state index contributed by atoms with van der Waals surface area (Å²) >= 11 is 3.17. The molecule has 2 aromatic rings. The summed E-state index contributed by atoms with van der Waals surface area (Å²) in [6, 6.07) is 7.83. The summed E-state index contributed by atoms with van der Waals surface area (Å²) in [7, 11) is 0. The van der Waals surface area contributed by atoms with Crippen LogP contribution >= 0.6 is 22.7 Å². The quantitative estimate of drug-likeness (QED) is 0.760. The van der Waals surface area contributed by atoms with Gasteiger partial charge >= 0.3 is 0 Å². The molecule has 0 spiro atoms. The van der Waals surface area contributed by atoms with Crippen LogP contribution in [0.15, 0.2) is 35.0 Å². The van der Waals surface area contributed by atoms with E-state index in [-0.39, 0.29) is 18.4 Å². The lowest BCUT2D eigenvalue weighted by Crippen LogP contribution is -2.57. The number of aliphatic hydroxyl groups is 1. The molecule has 0 radical (unpaired) electrons. The minimum absolute atomic E-state index is 0.0146. The van der Waals surface area contributed by atoms with E-state index in [2.05, 4.69) is 5.32 Å². The van der Waals surface area contributed by atoms with Crippen LogP contribution in [0.4, 0.5) is 0 Å². The van der Waals surface area contributed by atoms with E-state index in [4.69, 9.17) is 0 Å². The molecule has 2 aromatic heterocycles. The summed E-state index contributed by atoms with van der Waals surface area (Å²) in [6.07, 6.45) is 2.69. The number of amides is 2. The Morgan fingerprint density at radius 2 is 1.69 bits per heavy atom. The molecule has 1 saturated heterocycles. The number of carbonyl (C=O) groups excluding carboxylic acids is 2. The Balaban J connectivity index is 1.55. The van der Waals surface area contributed by atoms with Crippen molar-refractivity contribution in [2.24, 2.45) is 0 Å². The van der Waals surface area contributed by atoms with Gasteiger partial charge in [0.2, 0.25) is 11.8 Å². The zero-order valence-electron chi connectivity index (χ0n) is 14.6. The SMILES string of the molecule is O=C(Cc1cccs1)NC1(CCO)CCN(C(=O)Cc2cccs2)CC1. The van der Waals surface area contributed by atoms with Crippen LogP contribution in [0.1, 0.15) is 29.0 Å². The Morgan fingerprint density at radius 1 is 1.08 bits per heavy atom. The topological polar surface area (TPSA) is 69.6 Å². The predicted molar refractivity (Wildman–Crippen MR) is 104 cm³/mol. The normalized spacial score (nSPS) is 16.4. The maximum Gasteiger partial charge on any atom is 0.227 e. The second kappa shape index (κ2) is 8.79. The second-order valence-corrected chi connectivity index (χ2v) is 8.76. The van der Waals surface area contributed by atoms with Gasteiger partial charge in [-0.05, 0) is 42.2 Å². The zero-order valence-corrected chi connectivity index (χ0v) is 16.3. The molecular weight excluding hydrogens is 368 g/mol. The van der Waals surface area contributed by atoms with Gasteiger partial charge in [-0.25, -0.2) is 0 Å². The molecule has 5 nitrogen and oxygen atoms in total. The third-order valence-electron chi connectivity index (χ3n) is 4.89. The first-order chi connectivity index (χ1) is 12.6. The molecular formula is C19H24N2O3S2. The van der Waals surface area contributed by atoms with E-state index in [0.29, 0.717) is 45.2 Å². The van der Waals surface area contributed by atoms with E-state index >= 15 is 0 Å². The van der Waals surface area contributed by atoms with Crippen LogP contribution in [0.3, 0.4) is 0 Å². The van der Waals surface area contributed by atoms with Crippen LogP contribution in [-0.2, 0) is 22.4 Å². The maximum absolute atomic E-state index is 12.5. The van der Waals surface area contributed by atoms with Gasteiger partial charge in [-0.3, -0.25) is 9.59 Å². The molecule has 26 heavy (non-hydrogen) atoms. The van der Waals surface area contributed by atoms with Crippen molar-refractivity contribution in [2.45, 2.75) is 37.6 Å². The largest absolute Gasteiger partial charge is 0.396 e. The van der Waals surface area contributed by atoms with Crippen molar-refractivity contribution in [3.63, 3.8) is 0 Å². The van der Waals surface area contributed by atoms with Gasteiger partial charge in [0.15, 0.2) is 0 Å². The van der Waals surface area contributed by atoms with E-state index in [1.54, 1.807) is 22.7 Å². The minimum Gasteiger partial charge on any atom is -0.396 e. The van der Waals surface area contributed by atoms with Gasteiger partial charge in [-0.2, -0.15) is 0 Å². The first kappa shape index (κ1) is 19.1. The van der Waals surface area contributed by atoms with Crippen molar-refractivity contribution in [3.05, 3.63) is 44.8 Å². The molecule has 2 amide bonds. The number of hydrogen-bond donors (Lipinski definition) is 2. The van der Waals surface area contributed by atoms with Crippen molar-refractivity contribution >= 4 is 34.5 Å². The number of thiophene rings is 2. The van der Waals surface area contributed by atoms with Crippen LogP contribution < -0.4 is 5.32 Å². The molecule has 3 heterocycles. The molecule has 2 N–H and O–H groups in total. The molecule has 0 bridgehead atoms. The van der Waals surface area contributed by atoms with E-state index in [9.17, 15) is 14.7 Å². The van der Waals surface area contributed by atoms with Gasteiger partial charge in [-0.15, -0.1) is 22.7 Å². The van der Waals surface area contributed by atoms with Crippen LogP contribution in [-0.4, -0.2) is 47.1 Å². The van der Waals surface area contributed by atoms with Gasteiger partial charge in [0, 0.05) is 35.0 Å². The minimum atomic E-state index is -0.414. The predicted octanol–water partition coefficient (Wildman–Crippen LogP) is 2.45. The Morgan fingerprint density at radius 3 is 2.23 bits per heavy atom. The van der Waals surface area contributed by atoms with Crippen LogP contribution in [0.2, 0.25) is 0 Å². The van der Waals surface area contributed by atoms with Crippen molar-refractivity contribution in [1.82, 2.24) is 10.2 Å². The Labute approximate surface area is 161 Å². The molecule has 7 heteroatoms. The Hall–Kier alpha value is -1.70. The summed E-state index contributed by atoms with van der Waals surface area (Å²) in [5, 5.41) is 16.6. The lowest BCUT2D eigenvalue weighted by atomic mass is 9.84. The molecule has 1 aliphatic heterocycles. The number of nitrogens with one attached hydrogen (secondary N) is 1. The molecule has 0 saturated carbocycles. The smallest absolute Gasteiger partial charge is 0.227 e. The zero-order chi connectivity index (χ0) is 18.4. The van der Waals surface area contributed by atoms with Crippen LogP contribution in [0.5, 0.6) is 0 Å². The van der Waals surface area contributed by atoms with Crippen molar-refractivity contribution in [1.29, 1.82) is 0 Å². The van der Waals surface area contributed by atoms with E-state index in [0.717, 1.165) is 9.75 Å². The van der Waals surface area contributed by atoms with Gasteiger partial charge < -0.3 is 15.3 Å². The van der Waals surface area contributed by atoms with Gasteiger partial charge in [0.05, 0.1) is 12.8 Å². The second-order valence-electron chi connectivity index (χ2n) is 6.70. The fraction of sp³-hybridized carbons (Fsp3) is 0.474. The highest BCUT2D eigenvalue weighted by Crippen LogP contribution is 2.27. The molecule has 140 valence electrons. The lowest BCUT2D eigenvalue weighted by Gasteiger charge is -2.42. The average molecular weight is 393 g/mol. The van der Waals surface area contributed by atoms with E-state index < -0.39 is 5.54 Å². The van der Waals surface area contributed by atoms with Gasteiger partial charge in [0.1, 0.15) is 0 Å². The number of likely N-dealkylation sites (tertiary alicyclic amines) is 1. The molecule has 0 aromatic carbocycles. The standard InChI is InChI=1S/C19H24N2O3S2/c22-10-7-19(20-17(23)13-15-3-1-11-25-15)5-8-21(9-6-19)18(24)14-16-4-2-12-26-16/h1-4,11-12,22H,5-10,13-14H2,(H,20,23). The van der Waals surface area contributed by atoms with Crippen molar-refractivity contribution in [3.8, 4) is 0 Å². The Kier molecular flexibility index (Phi) is 6.45. The summed E-state index contributed by atoms with van der Waals surface area (Å²) < 4.78 is 0. The number of aliphatic hydroxyl groups excluding tert-OH is 1. The maximum atomic E-state index is 12.5. The molecule has 0 unspecified atom stereocenters. The summed E-state index contributed by atoms with van der Waals surface area (Å²) in [5.41, 5.74) is -0.414. The monoisotopic (exact) mass is 392 g/mol. The highest BCUT2D eigenvalue weighted by molar-refractivity contribution is 7.10. The average Bonchev–Trinajstić information content (AvgIpc) is 3.29. The van der Waals surface area contributed by atoms with Gasteiger partial charge in [-0.1, -0.05) is 12.1 Å². The first-order valence-electron chi connectivity index (χ1n) is 8.85. The highest BCUT2D eigenvalue weighted by Gasteiger charge is 2.36. The van der Waals surface area contributed by atoms with E-state index in [1.165, 1.54) is 0 Å². The third kappa shape index (κ3) is 4.93. The fourth-order valence-corrected chi connectivity index (χ4v) is 4.82. The molecule has 3 rings (SSSR count). The number of hydrogen-bond acceptors (Lipinski definition) is 5. The van der Waals surface area contributed by atoms with Gasteiger partial charge in [0.25, 0.3) is 0 Å². The fourth-order valence-electron chi connectivity index (χ4n) is 3.42. The molecule has 1 aliphatic rings. The van der Waals surface area contributed by atoms with Crippen LogP contribution in [0, 0.1) is 0 Å². The van der Waals surface area contributed by atoms with Crippen molar-refractivity contribution < 1.29 is 14.7 Å². The van der Waals surface area contributed by atoms with E-state index in [1.807, 2.05) is 39.9 Å². The van der Waals surface area contributed by atoms with Crippen molar-refractivity contribution in [2.75, 3.05) is 19.7 Å². The molecule has 0 atom stereocenters. The molecule has 0 aliphatic carbocycles. The summed E-state index contributed by atoms with van der Waals surface area (Å²) in [6.45, 7) is 1.26. The third-order valence-corrected chi connectivity index (χ3v) is 6.64. The number of nitrogens with zero attached hydrogens (tertiary/aromatic N) is 1. The first-order valence-corrected chi connectivity index (χ1v) is 10.6. The Bertz CT molecular complexity index is 705. The molecule has 1 fully saturated rings. The highest BCUT2D eigenvalue weighted by atomic mass is 32.1. The van der Waals surface area contributed by atoms with Crippen LogP contribution in [0.25, 0.3) is 0 Å².